The van der Waals surface area contributed by atoms with E-state index >= 15 is 0 Å². The molecule has 4 aliphatic rings. The first-order valence-electron chi connectivity index (χ1n) is 14.7. The van der Waals surface area contributed by atoms with Gasteiger partial charge in [0.05, 0.1) is 22.7 Å². The lowest BCUT2D eigenvalue weighted by Gasteiger charge is -2.31. The normalized spacial score (nSPS) is 20.0. The molecular formula is C31H44N6S. The van der Waals surface area contributed by atoms with Gasteiger partial charge in [-0.15, -0.1) is 0 Å². The number of thioether (sulfide) groups is 1. The molecule has 204 valence electrons. The molecule has 0 atom stereocenters. The molecule has 2 N–H and O–H groups in total. The highest BCUT2D eigenvalue weighted by atomic mass is 32.2. The van der Waals surface area contributed by atoms with Crippen molar-refractivity contribution in [2.75, 3.05) is 71.2 Å². The van der Waals surface area contributed by atoms with E-state index in [4.69, 9.17) is 0 Å². The first-order valence-corrected chi connectivity index (χ1v) is 15.9. The van der Waals surface area contributed by atoms with Gasteiger partial charge in [0.25, 0.3) is 0 Å². The second-order valence-corrected chi connectivity index (χ2v) is 11.7. The summed E-state index contributed by atoms with van der Waals surface area (Å²) in [4.78, 5) is 14.2. The standard InChI is InChI=1S/C16H23N3.C15H21N3S/c1-6-12-19(13-7-1)15-9-3-2-8-14(15)18-16-10-4-5-11-17-16;1-2-6-14(18-9-11-19-12-10-18)13(5-1)17-15-7-3-4-8-16-15/h2-3,8-9H,1,4-7,10-13H2,(H,17,18);1-2,5-6H,3-4,7-12H2,(H,16,17). The molecule has 2 aromatic carbocycles. The number of benzene rings is 2. The molecule has 4 heterocycles. The third kappa shape index (κ3) is 7.68. The topological polar surface area (TPSA) is 55.3 Å². The number of hydrogen-bond acceptors (Lipinski definition) is 7. The van der Waals surface area contributed by atoms with Crippen LogP contribution in [-0.4, -0.2) is 62.4 Å². The lowest BCUT2D eigenvalue weighted by molar-refractivity contribution is 0.578. The highest BCUT2D eigenvalue weighted by Crippen LogP contribution is 2.30. The van der Waals surface area contributed by atoms with Crippen molar-refractivity contribution in [3.8, 4) is 0 Å². The van der Waals surface area contributed by atoms with Crippen molar-refractivity contribution < 1.29 is 0 Å². The molecule has 38 heavy (non-hydrogen) atoms. The second kappa shape index (κ2) is 14.5. The minimum atomic E-state index is 0.977. The summed E-state index contributed by atoms with van der Waals surface area (Å²) in [6.45, 7) is 6.63. The fourth-order valence-corrected chi connectivity index (χ4v) is 6.46. The van der Waals surface area contributed by atoms with Crippen LogP contribution in [0.5, 0.6) is 0 Å². The maximum atomic E-state index is 4.60. The molecule has 2 saturated heterocycles. The van der Waals surface area contributed by atoms with Crippen molar-refractivity contribution in [2.24, 2.45) is 9.98 Å². The largest absolute Gasteiger partial charge is 0.370 e. The van der Waals surface area contributed by atoms with Crippen LogP contribution in [0.1, 0.15) is 57.8 Å². The molecule has 0 aromatic heterocycles. The Morgan fingerprint density at radius 1 is 0.553 bits per heavy atom. The third-order valence-corrected chi connectivity index (χ3v) is 8.61. The monoisotopic (exact) mass is 532 g/mol. The van der Waals surface area contributed by atoms with Crippen molar-refractivity contribution in [1.29, 1.82) is 0 Å². The fraction of sp³-hybridized carbons (Fsp3) is 0.548. The van der Waals surface area contributed by atoms with Gasteiger partial charge in [0.2, 0.25) is 0 Å². The van der Waals surface area contributed by atoms with Gasteiger partial charge in [0, 0.05) is 63.6 Å². The Morgan fingerprint density at radius 3 is 1.55 bits per heavy atom. The highest BCUT2D eigenvalue weighted by Gasteiger charge is 2.17. The molecule has 6 nitrogen and oxygen atoms in total. The number of amidine groups is 2. The van der Waals surface area contributed by atoms with Crippen LogP contribution in [0, 0.1) is 0 Å². The summed E-state index contributed by atoms with van der Waals surface area (Å²) in [5, 5.41) is 7.10. The van der Waals surface area contributed by atoms with Gasteiger partial charge < -0.3 is 20.4 Å². The van der Waals surface area contributed by atoms with Gasteiger partial charge in [-0.25, -0.2) is 0 Å². The van der Waals surface area contributed by atoms with Gasteiger partial charge in [-0.2, -0.15) is 11.8 Å². The zero-order valence-electron chi connectivity index (χ0n) is 22.8. The number of aliphatic imine (C=N–C) groups is 2. The van der Waals surface area contributed by atoms with Crippen LogP contribution in [0.3, 0.4) is 0 Å². The smallest absolute Gasteiger partial charge is 0.101 e. The summed E-state index contributed by atoms with van der Waals surface area (Å²) in [6.07, 6.45) is 11.2. The molecule has 0 radical (unpaired) electrons. The van der Waals surface area contributed by atoms with Crippen LogP contribution in [-0.2, 0) is 0 Å². The molecule has 0 spiro atoms. The summed E-state index contributed by atoms with van der Waals surface area (Å²) in [5.41, 5.74) is 5.12. The van der Waals surface area contributed by atoms with E-state index in [0.29, 0.717) is 0 Å². The molecular weight excluding hydrogens is 488 g/mol. The van der Waals surface area contributed by atoms with Crippen molar-refractivity contribution >= 4 is 46.2 Å². The Bertz CT molecular complexity index is 986. The van der Waals surface area contributed by atoms with Crippen LogP contribution >= 0.6 is 11.8 Å². The van der Waals surface area contributed by atoms with Gasteiger partial charge in [-0.3, -0.25) is 9.98 Å². The minimum Gasteiger partial charge on any atom is -0.370 e. The summed E-state index contributed by atoms with van der Waals surface area (Å²) in [5.74, 6) is 4.78. The van der Waals surface area contributed by atoms with E-state index in [-0.39, 0.29) is 0 Å². The van der Waals surface area contributed by atoms with E-state index in [1.165, 1.54) is 92.3 Å². The highest BCUT2D eigenvalue weighted by molar-refractivity contribution is 7.99. The first kappa shape index (κ1) is 26.9. The average molecular weight is 533 g/mol. The number of nitrogens with zero attached hydrogens (tertiary/aromatic N) is 4. The summed E-state index contributed by atoms with van der Waals surface area (Å²) < 4.78 is 0. The predicted octanol–water partition coefficient (Wildman–Crippen LogP) is 6.91. The number of piperidine rings is 1. The van der Waals surface area contributed by atoms with E-state index in [9.17, 15) is 0 Å². The Balaban J connectivity index is 0.000000155. The van der Waals surface area contributed by atoms with Crippen LogP contribution in [0.25, 0.3) is 0 Å². The van der Waals surface area contributed by atoms with Crippen LogP contribution < -0.4 is 20.4 Å². The van der Waals surface area contributed by atoms with Gasteiger partial charge in [0.1, 0.15) is 11.7 Å². The van der Waals surface area contributed by atoms with Gasteiger partial charge >= 0.3 is 0 Å². The Morgan fingerprint density at radius 2 is 1.05 bits per heavy atom. The average Bonchev–Trinajstić information content (AvgIpc) is 3.00. The number of rotatable bonds is 4. The van der Waals surface area contributed by atoms with Crippen LogP contribution in [0.15, 0.2) is 58.5 Å². The van der Waals surface area contributed by atoms with E-state index < -0.39 is 0 Å². The first-order chi connectivity index (χ1) is 18.9. The number of anilines is 4. The molecule has 0 unspecified atom stereocenters. The quantitative estimate of drug-likeness (QED) is 0.448. The lowest BCUT2D eigenvalue weighted by atomic mass is 10.1. The molecule has 6 rings (SSSR count). The molecule has 0 amide bonds. The maximum Gasteiger partial charge on any atom is 0.101 e. The van der Waals surface area contributed by atoms with E-state index in [2.05, 4.69) is 78.9 Å². The van der Waals surface area contributed by atoms with Crippen LogP contribution in [0.2, 0.25) is 0 Å². The Hall–Kier alpha value is -2.67. The predicted molar refractivity (Wildman–Crippen MR) is 168 cm³/mol. The molecule has 2 aromatic rings. The van der Waals surface area contributed by atoms with Crippen molar-refractivity contribution in [3.63, 3.8) is 0 Å². The summed E-state index contributed by atoms with van der Waals surface area (Å²) in [7, 11) is 0. The number of hydrogen-bond donors (Lipinski definition) is 2. The van der Waals surface area contributed by atoms with Gasteiger partial charge in [0.15, 0.2) is 0 Å². The van der Waals surface area contributed by atoms with Crippen molar-refractivity contribution in [2.45, 2.75) is 57.8 Å². The zero-order chi connectivity index (χ0) is 25.8. The van der Waals surface area contributed by atoms with Crippen molar-refractivity contribution in [3.05, 3.63) is 48.5 Å². The van der Waals surface area contributed by atoms with Gasteiger partial charge in [-0.1, -0.05) is 24.3 Å². The molecule has 7 heteroatoms. The lowest BCUT2D eigenvalue weighted by Crippen LogP contribution is -2.33. The van der Waals surface area contributed by atoms with E-state index in [1.807, 2.05) is 11.8 Å². The summed E-state index contributed by atoms with van der Waals surface area (Å²) >= 11 is 2.05. The van der Waals surface area contributed by atoms with E-state index in [1.54, 1.807) is 0 Å². The SMILES string of the molecule is c1ccc(N2CCCCC2)c(NC2=NCCCC2)c1.c1ccc(N2CCSCC2)c(NC2=NCCCC2)c1. The maximum absolute atomic E-state index is 4.60. The molecule has 0 aliphatic carbocycles. The number of nitrogens with one attached hydrogen (secondary N) is 2. The number of para-hydroxylation sites is 4. The Kier molecular flexibility index (Phi) is 10.3. The molecule has 4 aliphatic heterocycles. The van der Waals surface area contributed by atoms with Gasteiger partial charge in [-0.05, 0) is 69.2 Å². The van der Waals surface area contributed by atoms with Crippen LogP contribution in [0.4, 0.5) is 22.7 Å². The molecule has 0 saturated carbocycles. The van der Waals surface area contributed by atoms with Crippen molar-refractivity contribution in [1.82, 2.24) is 0 Å². The fourth-order valence-electron chi connectivity index (χ4n) is 5.56. The molecule has 0 bridgehead atoms. The van der Waals surface area contributed by atoms with E-state index in [0.717, 1.165) is 50.7 Å². The summed E-state index contributed by atoms with van der Waals surface area (Å²) in [6, 6.07) is 17.3. The third-order valence-electron chi connectivity index (χ3n) is 7.66. The minimum absolute atomic E-state index is 0.977. The Labute approximate surface area is 233 Å². The second-order valence-electron chi connectivity index (χ2n) is 10.5. The molecule has 2 fully saturated rings. The zero-order valence-corrected chi connectivity index (χ0v) is 23.7.